The van der Waals surface area contributed by atoms with E-state index in [0.717, 1.165) is 5.56 Å². The van der Waals surface area contributed by atoms with Gasteiger partial charge in [0.15, 0.2) is 0 Å². The Balaban J connectivity index is 2.73. The van der Waals surface area contributed by atoms with Gasteiger partial charge in [0.05, 0.1) is 30.2 Å². The van der Waals surface area contributed by atoms with Crippen molar-refractivity contribution in [2.45, 2.75) is 5.92 Å². The van der Waals surface area contributed by atoms with Gasteiger partial charge in [0, 0.05) is 5.56 Å². The molecule has 20 heavy (non-hydrogen) atoms. The summed E-state index contributed by atoms with van der Waals surface area (Å²) >= 11 is 5.17. The van der Waals surface area contributed by atoms with Gasteiger partial charge in [-0.3, -0.25) is 5.41 Å². The standard InChI is InChI=1S/C14H12N4OS/c1-19-11-5-3-2-4-8(11)12-9(6-15)13(17)18-14(20)10(12)7-16/h2-5,12,16H,17H2,1H3,(H,18,20). The zero-order chi connectivity index (χ0) is 14.7. The Morgan fingerprint density at radius 3 is 2.75 bits per heavy atom. The van der Waals surface area contributed by atoms with E-state index in [1.165, 1.54) is 0 Å². The molecule has 6 heteroatoms. The second kappa shape index (κ2) is 5.57. The summed E-state index contributed by atoms with van der Waals surface area (Å²) in [7, 11) is 1.55. The molecule has 0 radical (unpaired) electrons. The Labute approximate surface area is 121 Å². The van der Waals surface area contributed by atoms with E-state index in [9.17, 15) is 5.26 Å². The lowest BCUT2D eigenvalue weighted by Gasteiger charge is -2.27. The highest BCUT2D eigenvalue weighted by Crippen LogP contribution is 2.38. The van der Waals surface area contributed by atoms with Gasteiger partial charge >= 0.3 is 0 Å². The van der Waals surface area contributed by atoms with Gasteiger partial charge in [-0.25, -0.2) is 0 Å². The van der Waals surface area contributed by atoms with Crippen LogP contribution in [-0.4, -0.2) is 18.0 Å². The number of thiocarbonyl (C=S) groups is 1. The summed E-state index contributed by atoms with van der Waals surface area (Å²) < 4.78 is 5.32. The van der Waals surface area contributed by atoms with Gasteiger partial charge in [0.25, 0.3) is 0 Å². The van der Waals surface area contributed by atoms with Crippen molar-refractivity contribution in [1.29, 1.82) is 10.7 Å². The van der Waals surface area contributed by atoms with E-state index >= 15 is 0 Å². The molecule has 1 aromatic rings. The minimum atomic E-state index is -0.539. The number of nitriles is 1. The Hall–Kier alpha value is -2.61. The van der Waals surface area contributed by atoms with Crippen LogP contribution in [0.4, 0.5) is 0 Å². The van der Waals surface area contributed by atoms with E-state index < -0.39 is 5.92 Å². The number of hydrogen-bond donors (Lipinski definition) is 3. The van der Waals surface area contributed by atoms with Gasteiger partial charge in [0.2, 0.25) is 0 Å². The summed E-state index contributed by atoms with van der Waals surface area (Å²) in [4.78, 5) is 0.299. The second-order valence-corrected chi connectivity index (χ2v) is 4.52. The molecule has 0 spiro atoms. The lowest BCUT2D eigenvalue weighted by Crippen LogP contribution is -2.37. The van der Waals surface area contributed by atoms with Crippen molar-refractivity contribution in [3.8, 4) is 11.8 Å². The molecule has 0 saturated carbocycles. The number of nitrogens with two attached hydrogens (primary N) is 1. The smallest absolute Gasteiger partial charge is 0.123 e. The molecule has 100 valence electrons. The predicted octanol–water partition coefficient (Wildman–Crippen LogP) is 1.58. The van der Waals surface area contributed by atoms with Gasteiger partial charge in [-0.1, -0.05) is 30.4 Å². The van der Waals surface area contributed by atoms with Gasteiger partial charge in [-0.2, -0.15) is 5.26 Å². The maximum absolute atomic E-state index is 9.34. The van der Waals surface area contributed by atoms with E-state index in [-0.39, 0.29) is 5.82 Å². The highest BCUT2D eigenvalue weighted by atomic mass is 32.1. The molecule has 4 N–H and O–H groups in total. The summed E-state index contributed by atoms with van der Waals surface area (Å²) in [5.74, 6) is 2.57. The first-order valence-corrected chi connectivity index (χ1v) is 6.18. The van der Waals surface area contributed by atoms with E-state index in [1.807, 2.05) is 18.2 Å². The first-order chi connectivity index (χ1) is 9.63. The Kier molecular flexibility index (Phi) is 3.85. The number of nitrogens with one attached hydrogen (secondary N) is 2. The van der Waals surface area contributed by atoms with Crippen molar-refractivity contribution in [2.75, 3.05) is 7.11 Å². The average Bonchev–Trinajstić information content (AvgIpc) is 2.46. The predicted molar refractivity (Wildman–Crippen MR) is 79.5 cm³/mol. The second-order valence-electron chi connectivity index (χ2n) is 4.11. The van der Waals surface area contributed by atoms with E-state index in [4.69, 9.17) is 28.1 Å². The third kappa shape index (κ3) is 2.16. The number of nitrogens with zero attached hydrogens (tertiary/aromatic N) is 1. The molecule has 0 aromatic heterocycles. The minimum Gasteiger partial charge on any atom is -0.496 e. The lowest BCUT2D eigenvalue weighted by molar-refractivity contribution is 0.409. The molecule has 0 fully saturated rings. The van der Waals surface area contributed by atoms with Crippen LogP contribution < -0.4 is 15.8 Å². The van der Waals surface area contributed by atoms with Crippen LogP contribution >= 0.6 is 12.2 Å². The van der Waals surface area contributed by atoms with Crippen LogP contribution in [0.1, 0.15) is 11.5 Å². The Morgan fingerprint density at radius 2 is 2.15 bits per heavy atom. The van der Waals surface area contributed by atoms with Gasteiger partial charge in [-0.05, 0) is 11.9 Å². The number of rotatable bonds is 2. The van der Waals surface area contributed by atoms with Crippen LogP contribution in [0.3, 0.4) is 0 Å². The molecule has 1 unspecified atom stereocenters. The summed E-state index contributed by atoms with van der Waals surface area (Å²) in [6, 6.07) is 9.33. The zero-order valence-corrected chi connectivity index (χ0v) is 11.5. The van der Waals surface area contributed by atoms with Crippen LogP contribution in [-0.2, 0) is 0 Å². The quantitative estimate of drug-likeness (QED) is 0.435. The van der Waals surface area contributed by atoms with Crippen LogP contribution in [0.5, 0.6) is 5.75 Å². The van der Waals surface area contributed by atoms with Crippen molar-refractivity contribution in [3.05, 3.63) is 46.8 Å². The van der Waals surface area contributed by atoms with Crippen LogP contribution in [0, 0.1) is 16.7 Å². The molecule has 1 aliphatic heterocycles. The Morgan fingerprint density at radius 1 is 1.45 bits per heavy atom. The number of ether oxygens (including phenoxy) is 1. The molecule has 0 bridgehead atoms. The van der Waals surface area contributed by atoms with E-state index in [0.29, 0.717) is 21.9 Å². The SMILES string of the molecule is COc1ccccc1C1C(=C=N)C(=S)NC(N)=C1C#N. The average molecular weight is 284 g/mol. The monoisotopic (exact) mass is 284 g/mol. The van der Waals surface area contributed by atoms with Crippen molar-refractivity contribution < 1.29 is 4.74 Å². The van der Waals surface area contributed by atoms with Gasteiger partial charge < -0.3 is 15.8 Å². The molecular formula is C14H12N4OS. The summed E-state index contributed by atoms with van der Waals surface area (Å²) in [6.07, 6.45) is 0. The molecule has 5 nitrogen and oxygen atoms in total. The van der Waals surface area contributed by atoms with Crippen molar-refractivity contribution in [1.82, 2.24) is 5.32 Å². The maximum Gasteiger partial charge on any atom is 0.123 e. The Bertz CT molecular complexity index is 695. The molecule has 0 saturated heterocycles. The summed E-state index contributed by atoms with van der Waals surface area (Å²) in [5.41, 5.74) is 7.26. The fourth-order valence-electron chi connectivity index (χ4n) is 2.16. The maximum atomic E-state index is 9.34. The molecule has 0 aliphatic carbocycles. The van der Waals surface area contributed by atoms with Gasteiger partial charge in [-0.15, -0.1) is 0 Å². The van der Waals surface area contributed by atoms with Crippen LogP contribution in [0.25, 0.3) is 0 Å². The number of benzene rings is 1. The van der Waals surface area contributed by atoms with E-state index in [1.54, 1.807) is 13.2 Å². The topological polar surface area (TPSA) is 94.9 Å². The van der Waals surface area contributed by atoms with Crippen LogP contribution in [0.15, 0.2) is 41.2 Å². The summed E-state index contributed by atoms with van der Waals surface area (Å²) in [6.45, 7) is 0. The number of hydrogen-bond acceptors (Lipinski definition) is 5. The third-order valence-corrected chi connectivity index (χ3v) is 3.39. The molecule has 1 aliphatic rings. The van der Waals surface area contributed by atoms with Crippen molar-refractivity contribution in [3.63, 3.8) is 0 Å². The minimum absolute atomic E-state index is 0.201. The molecule has 1 heterocycles. The number of para-hydroxylation sites is 1. The van der Waals surface area contributed by atoms with Crippen molar-refractivity contribution in [2.24, 2.45) is 5.73 Å². The number of allylic oxidation sites excluding steroid dienone is 1. The first kappa shape index (κ1) is 13.8. The van der Waals surface area contributed by atoms with Crippen molar-refractivity contribution >= 4 is 23.1 Å². The highest BCUT2D eigenvalue weighted by molar-refractivity contribution is 7.80. The normalized spacial score (nSPS) is 18.1. The zero-order valence-electron chi connectivity index (χ0n) is 10.7. The summed E-state index contributed by atoms with van der Waals surface area (Å²) in [5, 5.41) is 19.5. The lowest BCUT2D eigenvalue weighted by atomic mass is 9.83. The first-order valence-electron chi connectivity index (χ1n) is 5.77. The molecular weight excluding hydrogens is 272 g/mol. The highest BCUT2D eigenvalue weighted by Gasteiger charge is 2.33. The molecule has 2 rings (SSSR count). The molecule has 1 atom stereocenters. The molecule has 0 amide bonds. The fourth-order valence-corrected chi connectivity index (χ4v) is 2.44. The van der Waals surface area contributed by atoms with E-state index in [2.05, 4.69) is 17.3 Å². The molecule has 1 aromatic carbocycles. The number of methoxy groups -OCH3 is 1. The largest absolute Gasteiger partial charge is 0.496 e. The van der Waals surface area contributed by atoms with Crippen LogP contribution in [0.2, 0.25) is 0 Å². The third-order valence-electron chi connectivity index (χ3n) is 3.07. The van der Waals surface area contributed by atoms with Gasteiger partial charge in [0.1, 0.15) is 16.6 Å². The fraction of sp³-hybridized carbons (Fsp3) is 0.143.